The second-order valence-corrected chi connectivity index (χ2v) is 4.54. The zero-order valence-corrected chi connectivity index (χ0v) is 12.3. The summed E-state index contributed by atoms with van der Waals surface area (Å²) in [6.45, 7) is 4.01. The van der Waals surface area contributed by atoms with Gasteiger partial charge in [-0.25, -0.2) is 0 Å². The molecule has 1 rings (SSSR count). The molecule has 0 aromatic carbocycles. The molecule has 0 spiro atoms. The Morgan fingerprint density at radius 3 is 2.10 bits per heavy atom. The lowest BCUT2D eigenvalue weighted by molar-refractivity contribution is -0.162. The van der Waals surface area contributed by atoms with E-state index in [0.717, 1.165) is 0 Å². The van der Waals surface area contributed by atoms with Gasteiger partial charge in [-0.2, -0.15) is 0 Å². The van der Waals surface area contributed by atoms with Crippen LogP contribution in [0.3, 0.4) is 0 Å². The molecule has 0 aromatic rings. The lowest BCUT2D eigenvalue weighted by Crippen LogP contribution is -2.43. The van der Waals surface area contributed by atoms with Gasteiger partial charge in [-0.05, 0) is 20.9 Å². The molecule has 0 amide bonds. The van der Waals surface area contributed by atoms with Crippen molar-refractivity contribution in [3.05, 3.63) is 0 Å². The summed E-state index contributed by atoms with van der Waals surface area (Å²) >= 11 is 0. The first-order valence-corrected chi connectivity index (χ1v) is 6.59. The lowest BCUT2D eigenvalue weighted by atomic mass is 9.90. The van der Waals surface area contributed by atoms with E-state index in [1.807, 2.05) is 0 Å². The van der Waals surface area contributed by atoms with E-state index in [4.69, 9.17) is 14.2 Å². The second-order valence-electron chi connectivity index (χ2n) is 4.54. The van der Waals surface area contributed by atoms with E-state index in [1.54, 1.807) is 25.8 Å². The minimum Gasteiger partial charge on any atom is -0.468 e. The molecule has 114 valence electrons. The number of ether oxygens (including phenoxy) is 3. The predicted molar refractivity (Wildman–Crippen MR) is 68.7 cm³/mol. The summed E-state index contributed by atoms with van der Waals surface area (Å²) in [5.74, 6) is -3.25. The van der Waals surface area contributed by atoms with E-state index in [2.05, 4.69) is 0 Å². The fraction of sp³-hybridized carbons (Fsp3) is 0.769. The Labute approximate surface area is 118 Å². The van der Waals surface area contributed by atoms with Crippen molar-refractivity contribution in [2.24, 2.45) is 11.8 Å². The molecule has 1 aliphatic heterocycles. The van der Waals surface area contributed by atoms with Gasteiger partial charge < -0.3 is 14.2 Å². The Morgan fingerprint density at radius 1 is 1.05 bits per heavy atom. The Kier molecular flexibility index (Phi) is 5.94. The minimum absolute atomic E-state index is 0.183. The van der Waals surface area contributed by atoms with Crippen molar-refractivity contribution in [3.8, 4) is 0 Å². The third-order valence-corrected chi connectivity index (χ3v) is 3.32. The highest BCUT2D eigenvalue weighted by atomic mass is 16.5. The molecule has 0 aliphatic carbocycles. The van der Waals surface area contributed by atoms with Gasteiger partial charge in [-0.1, -0.05) is 0 Å². The molecule has 7 heteroatoms. The van der Waals surface area contributed by atoms with Crippen LogP contribution < -0.4 is 0 Å². The molecule has 1 heterocycles. The predicted octanol–water partition coefficient (Wildman–Crippen LogP) is -0.168. The van der Waals surface area contributed by atoms with Crippen molar-refractivity contribution in [1.29, 1.82) is 0 Å². The summed E-state index contributed by atoms with van der Waals surface area (Å²) in [6.07, 6.45) is 0. The van der Waals surface area contributed by atoms with Crippen LogP contribution in [-0.2, 0) is 28.6 Å². The average molecular weight is 287 g/mol. The Balaban J connectivity index is 3.03. The maximum Gasteiger partial charge on any atom is 0.324 e. The number of likely N-dealkylation sites (N-methyl/N-ethyl adjacent to an activating group) is 1. The van der Waals surface area contributed by atoms with Crippen LogP contribution >= 0.6 is 0 Å². The van der Waals surface area contributed by atoms with Crippen LogP contribution in [0.25, 0.3) is 0 Å². The van der Waals surface area contributed by atoms with Crippen molar-refractivity contribution in [2.45, 2.75) is 19.9 Å². The number of esters is 3. The third kappa shape index (κ3) is 3.27. The monoisotopic (exact) mass is 287 g/mol. The molecule has 1 aliphatic rings. The molecule has 0 N–H and O–H groups in total. The largest absolute Gasteiger partial charge is 0.468 e. The van der Waals surface area contributed by atoms with Crippen LogP contribution in [0, 0.1) is 11.8 Å². The van der Waals surface area contributed by atoms with E-state index in [0.29, 0.717) is 0 Å². The van der Waals surface area contributed by atoms with Gasteiger partial charge in [0.1, 0.15) is 6.04 Å². The number of likely N-dealkylation sites (tertiary alicyclic amines) is 1. The van der Waals surface area contributed by atoms with Gasteiger partial charge in [0.2, 0.25) is 0 Å². The molecule has 3 atom stereocenters. The maximum absolute atomic E-state index is 12.1. The summed E-state index contributed by atoms with van der Waals surface area (Å²) in [5.41, 5.74) is 0. The highest BCUT2D eigenvalue weighted by Gasteiger charge is 2.52. The summed E-state index contributed by atoms with van der Waals surface area (Å²) in [5, 5.41) is 0. The van der Waals surface area contributed by atoms with Crippen LogP contribution in [0.15, 0.2) is 0 Å². The number of hydrogen-bond donors (Lipinski definition) is 0. The molecule has 0 bridgehead atoms. The summed E-state index contributed by atoms with van der Waals surface area (Å²) in [4.78, 5) is 37.5. The molecule has 1 fully saturated rings. The Bertz CT molecular complexity index is 383. The fourth-order valence-corrected chi connectivity index (χ4v) is 2.48. The number of hydrogen-bond acceptors (Lipinski definition) is 7. The third-order valence-electron chi connectivity index (χ3n) is 3.32. The first-order valence-electron chi connectivity index (χ1n) is 6.59. The zero-order chi connectivity index (χ0) is 15.3. The molecule has 0 radical (unpaired) electrons. The molecule has 20 heavy (non-hydrogen) atoms. The zero-order valence-electron chi connectivity index (χ0n) is 12.3. The van der Waals surface area contributed by atoms with E-state index in [1.165, 1.54) is 7.11 Å². The number of carbonyl (C=O) groups excluding carboxylic acids is 3. The van der Waals surface area contributed by atoms with E-state index in [9.17, 15) is 14.4 Å². The minimum atomic E-state index is -0.897. The lowest BCUT2D eigenvalue weighted by Gasteiger charge is -2.22. The number of methoxy groups -OCH3 is 1. The average Bonchev–Trinajstić information content (AvgIpc) is 2.76. The van der Waals surface area contributed by atoms with Gasteiger partial charge in [0.25, 0.3) is 0 Å². The molecular formula is C13H21NO6. The van der Waals surface area contributed by atoms with Crippen molar-refractivity contribution in [1.82, 2.24) is 4.90 Å². The number of carbonyl (C=O) groups is 3. The van der Waals surface area contributed by atoms with E-state index >= 15 is 0 Å². The van der Waals surface area contributed by atoms with Crippen LogP contribution in [-0.4, -0.2) is 62.8 Å². The van der Waals surface area contributed by atoms with Gasteiger partial charge in [-0.15, -0.1) is 0 Å². The Morgan fingerprint density at radius 2 is 1.60 bits per heavy atom. The summed E-state index contributed by atoms with van der Waals surface area (Å²) in [7, 11) is 2.91. The standard InChI is InChI=1S/C13H21NO6/c1-5-19-11(15)8-7-14(3)10(13(17)18-4)9(8)12(16)20-6-2/h8-10H,5-7H2,1-4H3/t8-,9-,10+/m1/s1. The van der Waals surface area contributed by atoms with Crippen molar-refractivity contribution >= 4 is 17.9 Å². The molecular weight excluding hydrogens is 266 g/mol. The molecule has 0 saturated carbocycles. The maximum atomic E-state index is 12.1. The summed E-state index contributed by atoms with van der Waals surface area (Å²) in [6, 6.07) is -0.826. The first kappa shape index (κ1) is 16.4. The number of nitrogens with zero attached hydrogens (tertiary/aromatic N) is 1. The van der Waals surface area contributed by atoms with Crippen molar-refractivity contribution in [3.63, 3.8) is 0 Å². The van der Waals surface area contributed by atoms with Crippen molar-refractivity contribution < 1.29 is 28.6 Å². The smallest absolute Gasteiger partial charge is 0.324 e. The normalized spacial score (nSPS) is 26.1. The van der Waals surface area contributed by atoms with Crippen LogP contribution in [0.5, 0.6) is 0 Å². The van der Waals surface area contributed by atoms with Gasteiger partial charge in [0.15, 0.2) is 0 Å². The molecule has 1 saturated heterocycles. The SMILES string of the molecule is CCOC(=O)[C@H]1[C@@H](C(=O)OC)N(C)C[C@H]1C(=O)OCC. The van der Waals surface area contributed by atoms with E-state index in [-0.39, 0.29) is 19.8 Å². The second kappa shape index (κ2) is 7.23. The number of rotatable bonds is 5. The van der Waals surface area contributed by atoms with E-state index < -0.39 is 35.8 Å². The molecule has 0 unspecified atom stereocenters. The van der Waals surface area contributed by atoms with Gasteiger partial charge in [0, 0.05) is 6.54 Å². The highest BCUT2D eigenvalue weighted by Crippen LogP contribution is 2.31. The van der Waals surface area contributed by atoms with Gasteiger partial charge in [0.05, 0.1) is 32.2 Å². The molecule has 7 nitrogen and oxygen atoms in total. The fourth-order valence-electron chi connectivity index (χ4n) is 2.48. The molecule has 0 aromatic heterocycles. The van der Waals surface area contributed by atoms with Crippen LogP contribution in [0.2, 0.25) is 0 Å². The summed E-state index contributed by atoms with van der Waals surface area (Å²) < 4.78 is 14.7. The quantitative estimate of drug-likeness (QED) is 0.513. The van der Waals surface area contributed by atoms with Gasteiger partial charge in [-0.3, -0.25) is 19.3 Å². The van der Waals surface area contributed by atoms with Crippen LogP contribution in [0.4, 0.5) is 0 Å². The van der Waals surface area contributed by atoms with Crippen LogP contribution in [0.1, 0.15) is 13.8 Å². The first-order chi connectivity index (χ1) is 9.47. The topological polar surface area (TPSA) is 82.1 Å². The van der Waals surface area contributed by atoms with Crippen molar-refractivity contribution in [2.75, 3.05) is 33.9 Å². The Hall–Kier alpha value is -1.63. The van der Waals surface area contributed by atoms with Gasteiger partial charge >= 0.3 is 17.9 Å². The highest BCUT2D eigenvalue weighted by molar-refractivity contribution is 5.90.